The normalized spacial score (nSPS) is 12.4. The molecule has 2 N–H and O–H groups in total. The van der Waals surface area contributed by atoms with Crippen LogP contribution in [-0.2, 0) is 0 Å². The maximum Gasteiger partial charge on any atom is 0.250 e. The van der Waals surface area contributed by atoms with Crippen molar-refractivity contribution in [1.29, 1.82) is 0 Å². The van der Waals surface area contributed by atoms with Gasteiger partial charge in [0.15, 0.2) is 5.75 Å². The molecule has 0 bridgehead atoms. The molecule has 0 aliphatic rings. The van der Waals surface area contributed by atoms with E-state index in [9.17, 15) is 0 Å². The average molecular weight is 426 g/mol. The third-order valence-electron chi connectivity index (χ3n) is 5.02. The van der Waals surface area contributed by atoms with Crippen molar-refractivity contribution in [1.82, 2.24) is 0 Å². The molecule has 0 aliphatic carbocycles. The molecule has 0 atom stereocenters. The van der Waals surface area contributed by atoms with E-state index in [1.54, 1.807) is 12.1 Å². The number of nitrogen functional groups attached to an aromatic ring is 1. The summed E-state index contributed by atoms with van der Waals surface area (Å²) in [7, 11) is -1.94. The molecule has 0 aliphatic heterocycles. The van der Waals surface area contributed by atoms with Crippen LogP contribution in [0.25, 0.3) is 0 Å². The van der Waals surface area contributed by atoms with E-state index in [4.69, 9.17) is 38.1 Å². The fourth-order valence-electron chi connectivity index (χ4n) is 2.36. The predicted molar refractivity (Wildman–Crippen MR) is 119 cm³/mol. The van der Waals surface area contributed by atoms with Gasteiger partial charge in [0.2, 0.25) is 8.32 Å². The minimum Gasteiger partial charge on any atom is -0.543 e. The zero-order valence-corrected chi connectivity index (χ0v) is 19.6. The van der Waals surface area contributed by atoms with E-state index in [1.165, 1.54) is 0 Å². The molecule has 6 heteroatoms. The molecular weight excluding hydrogens is 397 g/mol. The van der Waals surface area contributed by atoms with Crippen LogP contribution in [0, 0.1) is 0 Å². The number of anilines is 1. The molecule has 3 nitrogen and oxygen atoms in total. The van der Waals surface area contributed by atoms with Crippen LogP contribution in [0.5, 0.6) is 17.2 Å². The monoisotopic (exact) mass is 425 g/mol. The Bertz CT molecular complexity index is 806. The average Bonchev–Trinajstić information content (AvgIpc) is 2.50. The fourth-order valence-corrected chi connectivity index (χ4v) is 3.98. The van der Waals surface area contributed by atoms with Gasteiger partial charge in [0.25, 0.3) is 0 Å². The van der Waals surface area contributed by atoms with Gasteiger partial charge in [-0.2, -0.15) is 0 Å². The third-order valence-corrected chi connectivity index (χ3v) is 9.92. The van der Waals surface area contributed by atoms with Crippen LogP contribution < -0.4 is 14.9 Å². The second-order valence-corrected chi connectivity index (χ2v) is 14.2. The standard InChI is InChI=1S/C21H29Cl2NO2Si/c1-13(2)16-12-15(25-20-17(22)10-14(24)11-18(20)23)8-9-19(16)26-27(6,7)21(3,4)5/h8-13H,24H2,1-7H3. The van der Waals surface area contributed by atoms with Crippen LogP contribution in [0.15, 0.2) is 30.3 Å². The molecule has 2 aromatic carbocycles. The third kappa shape index (κ3) is 5.12. The molecule has 0 spiro atoms. The molecule has 0 unspecified atom stereocenters. The van der Waals surface area contributed by atoms with Gasteiger partial charge in [-0.15, -0.1) is 0 Å². The molecule has 0 aromatic heterocycles. The van der Waals surface area contributed by atoms with E-state index in [-0.39, 0.29) is 11.0 Å². The van der Waals surface area contributed by atoms with Crippen molar-refractivity contribution >= 4 is 37.2 Å². The van der Waals surface area contributed by atoms with Gasteiger partial charge in [-0.1, -0.05) is 57.8 Å². The van der Waals surface area contributed by atoms with E-state index >= 15 is 0 Å². The highest BCUT2D eigenvalue weighted by Crippen LogP contribution is 2.42. The lowest BCUT2D eigenvalue weighted by atomic mass is 10.0. The first-order valence-electron chi connectivity index (χ1n) is 9.07. The molecule has 27 heavy (non-hydrogen) atoms. The van der Waals surface area contributed by atoms with Crippen LogP contribution >= 0.6 is 23.2 Å². The second-order valence-electron chi connectivity index (χ2n) is 8.63. The van der Waals surface area contributed by atoms with Gasteiger partial charge in [-0.05, 0) is 59.9 Å². The quantitative estimate of drug-likeness (QED) is 0.391. The summed E-state index contributed by atoms with van der Waals surface area (Å²) < 4.78 is 12.5. The highest BCUT2D eigenvalue weighted by molar-refractivity contribution is 6.74. The first-order valence-corrected chi connectivity index (χ1v) is 12.7. The van der Waals surface area contributed by atoms with Crippen molar-refractivity contribution < 1.29 is 9.16 Å². The van der Waals surface area contributed by atoms with Crippen LogP contribution in [0.4, 0.5) is 5.69 Å². The van der Waals surface area contributed by atoms with Crippen molar-refractivity contribution in [3.8, 4) is 17.2 Å². The predicted octanol–water partition coefficient (Wildman–Crippen LogP) is 7.88. The maximum atomic E-state index is 6.54. The molecule has 0 saturated heterocycles. The summed E-state index contributed by atoms with van der Waals surface area (Å²) in [6.07, 6.45) is 0. The SMILES string of the molecule is CC(C)c1cc(Oc2c(Cl)cc(N)cc2Cl)ccc1O[Si](C)(C)C(C)(C)C. The minimum absolute atomic E-state index is 0.126. The summed E-state index contributed by atoms with van der Waals surface area (Å²) in [5.74, 6) is 2.26. The van der Waals surface area contributed by atoms with Crippen LogP contribution in [0.1, 0.15) is 46.1 Å². The number of rotatable bonds is 5. The number of ether oxygens (including phenoxy) is 1. The Hall–Kier alpha value is -1.36. The number of hydrogen-bond acceptors (Lipinski definition) is 3. The Balaban J connectivity index is 2.39. The summed E-state index contributed by atoms with van der Waals surface area (Å²) in [6, 6.07) is 9.11. The zero-order chi connectivity index (χ0) is 20.6. The Morgan fingerprint density at radius 1 is 1.00 bits per heavy atom. The van der Waals surface area contributed by atoms with Crippen LogP contribution in [0.3, 0.4) is 0 Å². The van der Waals surface area contributed by atoms with Crippen molar-refractivity contribution in [2.75, 3.05) is 5.73 Å². The number of halogens is 2. The number of benzene rings is 2. The van der Waals surface area contributed by atoms with E-state index in [2.05, 4.69) is 47.7 Å². The van der Waals surface area contributed by atoms with E-state index in [1.807, 2.05) is 18.2 Å². The van der Waals surface area contributed by atoms with Gasteiger partial charge < -0.3 is 14.9 Å². The Kier molecular flexibility index (Phi) is 6.45. The van der Waals surface area contributed by atoms with Gasteiger partial charge in [0.05, 0.1) is 10.0 Å². The summed E-state index contributed by atoms with van der Waals surface area (Å²) >= 11 is 12.5. The summed E-state index contributed by atoms with van der Waals surface area (Å²) in [6.45, 7) is 15.5. The molecule has 2 aromatic rings. The van der Waals surface area contributed by atoms with E-state index < -0.39 is 8.32 Å². The van der Waals surface area contributed by atoms with Crippen molar-refractivity contribution in [2.24, 2.45) is 0 Å². The summed E-state index contributed by atoms with van der Waals surface area (Å²) in [4.78, 5) is 0. The first kappa shape index (κ1) is 21.9. The van der Waals surface area contributed by atoms with Crippen molar-refractivity contribution in [3.05, 3.63) is 45.9 Å². The van der Waals surface area contributed by atoms with Crippen molar-refractivity contribution in [2.45, 2.75) is 58.7 Å². The summed E-state index contributed by atoms with van der Waals surface area (Å²) in [5.41, 5.74) is 7.36. The van der Waals surface area contributed by atoms with Gasteiger partial charge in [0, 0.05) is 5.69 Å². The van der Waals surface area contributed by atoms with Gasteiger partial charge in [0.1, 0.15) is 11.5 Å². The lowest BCUT2D eigenvalue weighted by molar-refractivity contribution is 0.469. The molecule has 0 fully saturated rings. The largest absolute Gasteiger partial charge is 0.543 e. The van der Waals surface area contributed by atoms with Crippen molar-refractivity contribution in [3.63, 3.8) is 0 Å². The smallest absolute Gasteiger partial charge is 0.250 e. The van der Waals surface area contributed by atoms with Gasteiger partial charge >= 0.3 is 0 Å². The highest BCUT2D eigenvalue weighted by Gasteiger charge is 2.39. The summed E-state index contributed by atoms with van der Waals surface area (Å²) in [5, 5.41) is 0.891. The number of hydrogen-bond donors (Lipinski definition) is 1. The van der Waals surface area contributed by atoms with Gasteiger partial charge in [-0.25, -0.2) is 0 Å². The molecule has 0 radical (unpaired) electrons. The molecular formula is C21H29Cl2NO2Si. The Morgan fingerprint density at radius 2 is 1.56 bits per heavy atom. The van der Waals surface area contributed by atoms with E-state index in [0.717, 1.165) is 11.3 Å². The maximum absolute atomic E-state index is 6.54. The lowest BCUT2D eigenvalue weighted by Gasteiger charge is -2.37. The lowest BCUT2D eigenvalue weighted by Crippen LogP contribution is -2.44. The molecule has 0 amide bonds. The van der Waals surface area contributed by atoms with Gasteiger partial charge in [-0.3, -0.25) is 0 Å². The zero-order valence-electron chi connectivity index (χ0n) is 17.1. The molecule has 2 rings (SSSR count). The first-order chi connectivity index (χ1) is 12.3. The molecule has 0 heterocycles. The number of nitrogens with two attached hydrogens (primary N) is 1. The van der Waals surface area contributed by atoms with Crippen LogP contribution in [0.2, 0.25) is 28.2 Å². The minimum atomic E-state index is -1.94. The molecule has 0 saturated carbocycles. The molecule has 148 valence electrons. The fraction of sp³-hybridized carbons (Fsp3) is 0.429. The topological polar surface area (TPSA) is 44.5 Å². The Morgan fingerprint density at radius 3 is 2.04 bits per heavy atom. The Labute approximate surface area is 173 Å². The highest BCUT2D eigenvalue weighted by atomic mass is 35.5. The van der Waals surface area contributed by atoms with Crippen LogP contribution in [-0.4, -0.2) is 8.32 Å². The van der Waals surface area contributed by atoms with E-state index in [0.29, 0.717) is 27.2 Å². The second kappa shape index (κ2) is 7.94.